The zero-order valence-corrected chi connectivity index (χ0v) is 18.3. The lowest BCUT2D eigenvalue weighted by molar-refractivity contribution is 0.0733. The first-order valence-electron chi connectivity index (χ1n) is 9.98. The molecule has 1 unspecified atom stereocenters. The van der Waals surface area contributed by atoms with E-state index in [1.807, 2.05) is 11.0 Å². The quantitative estimate of drug-likeness (QED) is 0.616. The Balaban J connectivity index is 1.61. The van der Waals surface area contributed by atoms with Gasteiger partial charge in [-0.2, -0.15) is 0 Å². The van der Waals surface area contributed by atoms with Crippen molar-refractivity contribution in [2.45, 2.75) is 25.3 Å². The molecule has 0 saturated heterocycles. The van der Waals surface area contributed by atoms with Gasteiger partial charge in [0, 0.05) is 39.6 Å². The minimum Gasteiger partial charge on any atom is -0.491 e. The highest BCUT2D eigenvalue weighted by molar-refractivity contribution is 7.84. The largest absolute Gasteiger partial charge is 0.491 e. The van der Waals surface area contributed by atoms with Crippen LogP contribution in [-0.2, 0) is 17.3 Å². The van der Waals surface area contributed by atoms with E-state index < -0.39 is 10.8 Å². The maximum Gasteiger partial charge on any atom is 0.254 e. The Kier molecular flexibility index (Phi) is 5.73. The lowest BCUT2D eigenvalue weighted by atomic mass is 9.98. The second-order valence-electron chi connectivity index (χ2n) is 7.68. The fourth-order valence-electron chi connectivity index (χ4n) is 3.64. The molecule has 1 atom stereocenters. The number of aryl methyl sites for hydroxylation is 2. The first kappa shape index (κ1) is 20.4. The van der Waals surface area contributed by atoms with E-state index in [2.05, 4.69) is 44.2 Å². The Morgan fingerprint density at radius 1 is 0.933 bits per heavy atom. The molecular weight excluding hydrogens is 394 g/mol. The van der Waals surface area contributed by atoms with E-state index in [4.69, 9.17) is 4.74 Å². The summed E-state index contributed by atoms with van der Waals surface area (Å²) in [5.41, 5.74) is 6.40. The maximum atomic E-state index is 13.1. The lowest BCUT2D eigenvalue weighted by Gasteiger charge is -2.20. The number of benzene rings is 3. The van der Waals surface area contributed by atoms with Crippen LogP contribution in [0.15, 0.2) is 65.6 Å². The molecule has 0 aromatic heterocycles. The summed E-state index contributed by atoms with van der Waals surface area (Å²) in [7, 11) is -1.06. The van der Waals surface area contributed by atoms with Crippen molar-refractivity contribution in [2.24, 2.45) is 0 Å². The molecule has 0 bridgehead atoms. The van der Waals surface area contributed by atoms with Crippen molar-refractivity contribution >= 4 is 16.7 Å². The van der Waals surface area contributed by atoms with Gasteiger partial charge in [0.1, 0.15) is 12.4 Å². The molecule has 0 spiro atoms. The van der Waals surface area contributed by atoms with Gasteiger partial charge in [0.2, 0.25) is 0 Å². The molecule has 3 aromatic carbocycles. The van der Waals surface area contributed by atoms with Crippen molar-refractivity contribution in [1.29, 1.82) is 0 Å². The van der Waals surface area contributed by atoms with Crippen molar-refractivity contribution in [2.75, 3.05) is 19.4 Å². The molecule has 30 heavy (non-hydrogen) atoms. The van der Waals surface area contributed by atoms with Gasteiger partial charge in [-0.15, -0.1) is 0 Å². The summed E-state index contributed by atoms with van der Waals surface area (Å²) in [4.78, 5) is 15.6. The number of rotatable bonds is 3. The number of nitrogens with zero attached hydrogens (tertiary/aromatic N) is 1. The molecule has 0 radical (unpaired) electrons. The molecule has 1 amide bonds. The summed E-state index contributed by atoms with van der Waals surface area (Å²) in [5.74, 6) is 0.783. The van der Waals surface area contributed by atoms with Gasteiger partial charge in [0.25, 0.3) is 5.91 Å². The van der Waals surface area contributed by atoms with Crippen LogP contribution in [-0.4, -0.2) is 34.4 Å². The Labute approximate surface area is 180 Å². The molecule has 0 N–H and O–H groups in total. The van der Waals surface area contributed by atoms with E-state index in [9.17, 15) is 9.00 Å². The molecule has 1 aliphatic heterocycles. The van der Waals surface area contributed by atoms with Gasteiger partial charge >= 0.3 is 0 Å². The molecule has 1 heterocycles. The Morgan fingerprint density at radius 3 is 2.33 bits per heavy atom. The van der Waals surface area contributed by atoms with E-state index in [1.165, 1.54) is 11.1 Å². The summed E-state index contributed by atoms with van der Waals surface area (Å²) in [6, 6.07) is 19.6. The van der Waals surface area contributed by atoms with Crippen LogP contribution in [0.3, 0.4) is 0 Å². The van der Waals surface area contributed by atoms with Gasteiger partial charge in [0.15, 0.2) is 0 Å². The Hall–Kier alpha value is -2.92. The topological polar surface area (TPSA) is 46.6 Å². The monoisotopic (exact) mass is 419 g/mol. The standard InChI is InChI=1S/C25H25NO3S/c1-17-4-5-20(14-18(17)2)21-8-11-24-22(15-21)16-26(12-13-29-24)25(27)19-6-9-23(10-7-19)30(3)28/h4-11,14-15H,12-13,16H2,1-3H3. The molecule has 0 aliphatic carbocycles. The van der Waals surface area contributed by atoms with Crippen molar-refractivity contribution in [3.05, 3.63) is 82.9 Å². The number of carbonyl (C=O) groups excluding carboxylic acids is 1. The van der Waals surface area contributed by atoms with E-state index in [0.717, 1.165) is 22.4 Å². The van der Waals surface area contributed by atoms with Gasteiger partial charge in [-0.1, -0.05) is 24.3 Å². The van der Waals surface area contributed by atoms with Gasteiger partial charge < -0.3 is 9.64 Å². The minimum atomic E-state index is -1.06. The lowest BCUT2D eigenvalue weighted by Crippen LogP contribution is -2.32. The Morgan fingerprint density at radius 2 is 1.63 bits per heavy atom. The van der Waals surface area contributed by atoms with Crippen LogP contribution in [0.4, 0.5) is 0 Å². The minimum absolute atomic E-state index is 0.0449. The molecule has 0 fully saturated rings. The predicted molar refractivity (Wildman–Crippen MR) is 120 cm³/mol. The summed E-state index contributed by atoms with van der Waals surface area (Å²) in [6.45, 7) is 5.70. The third kappa shape index (κ3) is 4.17. The molecule has 154 valence electrons. The highest BCUT2D eigenvalue weighted by Gasteiger charge is 2.21. The molecule has 4 nitrogen and oxygen atoms in total. The van der Waals surface area contributed by atoms with E-state index in [0.29, 0.717) is 30.2 Å². The van der Waals surface area contributed by atoms with Crippen LogP contribution < -0.4 is 4.74 Å². The second kappa shape index (κ2) is 8.44. The third-order valence-corrected chi connectivity index (χ3v) is 6.54. The van der Waals surface area contributed by atoms with Gasteiger partial charge in [-0.3, -0.25) is 9.00 Å². The van der Waals surface area contributed by atoms with Crippen LogP contribution in [0, 0.1) is 13.8 Å². The molecule has 1 aliphatic rings. The number of carbonyl (C=O) groups is 1. The number of amides is 1. The average molecular weight is 420 g/mol. The van der Waals surface area contributed by atoms with Crippen LogP contribution >= 0.6 is 0 Å². The highest BCUT2D eigenvalue weighted by Crippen LogP contribution is 2.30. The number of ether oxygens (including phenoxy) is 1. The van der Waals surface area contributed by atoms with Crippen molar-refractivity contribution in [3.63, 3.8) is 0 Å². The Bertz CT molecular complexity index is 1120. The first-order chi connectivity index (χ1) is 14.4. The maximum absolute atomic E-state index is 13.1. The van der Waals surface area contributed by atoms with E-state index >= 15 is 0 Å². The number of fused-ring (bicyclic) bond motifs is 1. The number of hydrogen-bond donors (Lipinski definition) is 0. The molecule has 3 aromatic rings. The summed E-state index contributed by atoms with van der Waals surface area (Å²) < 4.78 is 17.5. The fourth-order valence-corrected chi connectivity index (χ4v) is 4.16. The molecule has 0 saturated carbocycles. The second-order valence-corrected chi connectivity index (χ2v) is 9.05. The van der Waals surface area contributed by atoms with Crippen molar-refractivity contribution < 1.29 is 13.7 Å². The highest BCUT2D eigenvalue weighted by atomic mass is 32.2. The molecule has 5 heteroatoms. The van der Waals surface area contributed by atoms with E-state index in [-0.39, 0.29) is 5.91 Å². The normalized spacial score (nSPS) is 14.4. The van der Waals surface area contributed by atoms with Crippen molar-refractivity contribution in [1.82, 2.24) is 4.90 Å². The van der Waals surface area contributed by atoms with Gasteiger partial charge in [-0.25, -0.2) is 0 Å². The first-order valence-corrected chi connectivity index (χ1v) is 11.5. The van der Waals surface area contributed by atoms with Crippen LogP contribution in [0.25, 0.3) is 11.1 Å². The summed E-state index contributed by atoms with van der Waals surface area (Å²) in [6.07, 6.45) is 1.63. The van der Waals surface area contributed by atoms with Gasteiger partial charge in [0.05, 0.1) is 6.54 Å². The van der Waals surface area contributed by atoms with Crippen LogP contribution in [0.1, 0.15) is 27.0 Å². The fraction of sp³-hybridized carbons (Fsp3) is 0.240. The summed E-state index contributed by atoms with van der Waals surface area (Å²) >= 11 is 0. The predicted octanol–water partition coefficient (Wildman–Crippen LogP) is 4.74. The molecule has 4 rings (SSSR count). The zero-order valence-electron chi connectivity index (χ0n) is 17.5. The summed E-state index contributed by atoms with van der Waals surface area (Å²) in [5, 5.41) is 0. The molecular formula is C25H25NO3S. The average Bonchev–Trinajstić information content (AvgIpc) is 2.97. The number of hydrogen-bond acceptors (Lipinski definition) is 3. The van der Waals surface area contributed by atoms with Crippen molar-refractivity contribution in [3.8, 4) is 16.9 Å². The third-order valence-electron chi connectivity index (χ3n) is 5.60. The smallest absolute Gasteiger partial charge is 0.254 e. The van der Waals surface area contributed by atoms with Crippen LogP contribution in [0.5, 0.6) is 5.75 Å². The zero-order chi connectivity index (χ0) is 21.3. The van der Waals surface area contributed by atoms with Crippen LogP contribution in [0.2, 0.25) is 0 Å². The van der Waals surface area contributed by atoms with E-state index in [1.54, 1.807) is 30.5 Å². The van der Waals surface area contributed by atoms with Gasteiger partial charge in [-0.05, 0) is 72.5 Å². The SMILES string of the molecule is Cc1ccc(-c2ccc3c(c2)CN(C(=O)c2ccc(S(C)=O)cc2)CCO3)cc1C.